The highest BCUT2D eigenvalue weighted by Gasteiger charge is 2.41. The summed E-state index contributed by atoms with van der Waals surface area (Å²) in [5.74, 6) is 1.50. The van der Waals surface area contributed by atoms with Crippen molar-refractivity contribution in [1.29, 1.82) is 0 Å². The molecular weight excluding hydrogens is 498 g/mol. The maximum Gasteiger partial charge on any atom is 0.288 e. The molecule has 7 nitrogen and oxygen atoms in total. The van der Waals surface area contributed by atoms with E-state index in [9.17, 15) is 10.1 Å². The minimum absolute atomic E-state index is 0.0758. The fraction of sp³-hybridized carbons (Fsp3) is 0.174. The van der Waals surface area contributed by atoms with Gasteiger partial charge in [0.15, 0.2) is 0 Å². The van der Waals surface area contributed by atoms with Gasteiger partial charge in [0.1, 0.15) is 16.5 Å². The minimum atomic E-state index is -0.625. The maximum atomic E-state index is 11.4. The van der Waals surface area contributed by atoms with Gasteiger partial charge in [0.2, 0.25) is 6.23 Å². The number of halogens is 2. The lowest BCUT2D eigenvalue weighted by atomic mass is 9.96. The number of methoxy groups -OCH3 is 1. The number of fused-ring (bicyclic) bond motifs is 3. The third-order valence-corrected chi connectivity index (χ3v) is 6.44. The molecule has 2 aliphatic rings. The topological polar surface area (TPSA) is 77.2 Å². The molecule has 9 heteroatoms. The molecule has 0 spiro atoms. The number of nitro benzene ring substituents is 1. The van der Waals surface area contributed by atoms with Crippen molar-refractivity contribution in [3.05, 3.63) is 97.0 Å². The van der Waals surface area contributed by atoms with Crippen LogP contribution in [0.25, 0.3) is 0 Å². The third kappa shape index (κ3) is 3.59. The van der Waals surface area contributed by atoms with Gasteiger partial charge in [-0.05, 0) is 54.1 Å². The number of hydrazone groups is 1. The van der Waals surface area contributed by atoms with E-state index < -0.39 is 11.2 Å². The summed E-state index contributed by atoms with van der Waals surface area (Å²) in [6.45, 7) is 0. The van der Waals surface area contributed by atoms with Gasteiger partial charge in [-0.3, -0.25) is 10.1 Å². The van der Waals surface area contributed by atoms with Crippen molar-refractivity contribution in [3.8, 4) is 11.5 Å². The Morgan fingerprint density at radius 1 is 1.19 bits per heavy atom. The fourth-order valence-corrected chi connectivity index (χ4v) is 4.62. The summed E-state index contributed by atoms with van der Waals surface area (Å²) >= 11 is 9.57. The number of hydrogen-bond acceptors (Lipinski definition) is 6. The molecule has 0 aliphatic carbocycles. The monoisotopic (exact) mass is 513 g/mol. The van der Waals surface area contributed by atoms with Crippen LogP contribution in [0.3, 0.4) is 0 Å². The Labute approximate surface area is 197 Å². The smallest absolute Gasteiger partial charge is 0.288 e. The Bertz CT molecular complexity index is 1250. The molecule has 2 heterocycles. The van der Waals surface area contributed by atoms with Crippen LogP contribution in [0.1, 0.15) is 35.4 Å². The predicted octanol–water partition coefficient (Wildman–Crippen LogP) is 6.26. The molecule has 0 amide bonds. The van der Waals surface area contributed by atoms with E-state index in [1.54, 1.807) is 13.2 Å². The highest BCUT2D eigenvalue weighted by atomic mass is 79.9. The van der Waals surface area contributed by atoms with E-state index in [4.69, 9.17) is 26.2 Å². The van der Waals surface area contributed by atoms with Crippen LogP contribution >= 0.6 is 27.5 Å². The molecule has 0 saturated heterocycles. The molecule has 0 unspecified atom stereocenters. The molecule has 2 aliphatic heterocycles. The lowest BCUT2D eigenvalue weighted by Crippen LogP contribution is -2.33. The van der Waals surface area contributed by atoms with Crippen LogP contribution in [0.2, 0.25) is 5.02 Å². The maximum absolute atomic E-state index is 11.4. The first-order chi connectivity index (χ1) is 15.4. The second kappa shape index (κ2) is 8.11. The van der Waals surface area contributed by atoms with Crippen molar-refractivity contribution in [3.63, 3.8) is 0 Å². The van der Waals surface area contributed by atoms with Crippen LogP contribution in [0.4, 0.5) is 5.69 Å². The first-order valence-corrected chi connectivity index (χ1v) is 11.0. The Hall–Kier alpha value is -3.10. The van der Waals surface area contributed by atoms with Crippen LogP contribution < -0.4 is 9.47 Å². The van der Waals surface area contributed by atoms with Gasteiger partial charge < -0.3 is 9.47 Å². The summed E-state index contributed by atoms with van der Waals surface area (Å²) in [4.78, 5) is 10.9. The van der Waals surface area contributed by atoms with Crippen LogP contribution in [0.5, 0.6) is 11.5 Å². The average Bonchev–Trinajstić information content (AvgIpc) is 3.25. The lowest BCUT2D eigenvalue weighted by Gasteiger charge is -2.38. The molecule has 5 rings (SSSR count). The van der Waals surface area contributed by atoms with Crippen molar-refractivity contribution in [1.82, 2.24) is 5.01 Å². The Kier molecular flexibility index (Phi) is 5.27. The molecular formula is C23H17BrClN3O4. The Balaban J connectivity index is 1.59. The largest absolute Gasteiger partial charge is 0.497 e. The highest BCUT2D eigenvalue weighted by Crippen LogP contribution is 2.48. The van der Waals surface area contributed by atoms with Gasteiger partial charge in [-0.15, -0.1) is 0 Å². The summed E-state index contributed by atoms with van der Waals surface area (Å²) in [6, 6.07) is 18.2. The molecule has 0 radical (unpaired) electrons. The standard InChI is InChI=1S/C23H17BrClN3O4/c1-31-16-6-2-13(3-7-16)19-12-20-17-11-15(24)5-9-22(17)32-23(27(20)26-19)14-4-8-18(25)21(10-14)28(29)30/h2-11,20,23H,12H2,1H3/t20-,23-/m0/s1. The zero-order valence-electron chi connectivity index (χ0n) is 16.9. The second-order valence-corrected chi connectivity index (χ2v) is 8.82. The summed E-state index contributed by atoms with van der Waals surface area (Å²) < 4.78 is 12.5. The minimum Gasteiger partial charge on any atom is -0.497 e. The third-order valence-electron chi connectivity index (χ3n) is 5.63. The molecule has 0 fully saturated rings. The molecule has 32 heavy (non-hydrogen) atoms. The van der Waals surface area contributed by atoms with E-state index in [1.165, 1.54) is 12.1 Å². The molecule has 0 bridgehead atoms. The van der Waals surface area contributed by atoms with E-state index in [2.05, 4.69) is 15.9 Å². The Morgan fingerprint density at radius 3 is 2.69 bits per heavy atom. The molecule has 2 atom stereocenters. The zero-order valence-corrected chi connectivity index (χ0v) is 19.2. The van der Waals surface area contributed by atoms with Crippen molar-refractivity contribution in [2.75, 3.05) is 7.11 Å². The van der Waals surface area contributed by atoms with E-state index in [0.717, 1.165) is 32.8 Å². The van der Waals surface area contributed by atoms with E-state index in [0.29, 0.717) is 12.0 Å². The molecule has 3 aromatic rings. The molecule has 0 saturated carbocycles. The van der Waals surface area contributed by atoms with Crippen LogP contribution in [-0.2, 0) is 0 Å². The van der Waals surface area contributed by atoms with Gasteiger partial charge in [0, 0.05) is 28.1 Å². The van der Waals surface area contributed by atoms with Crippen molar-refractivity contribution in [2.24, 2.45) is 5.10 Å². The van der Waals surface area contributed by atoms with Gasteiger partial charge in [-0.2, -0.15) is 5.10 Å². The number of nitrogens with zero attached hydrogens (tertiary/aromatic N) is 3. The molecule has 162 valence electrons. The summed E-state index contributed by atoms with van der Waals surface area (Å²) in [6.07, 6.45) is 0.0473. The van der Waals surface area contributed by atoms with Crippen molar-refractivity contribution in [2.45, 2.75) is 18.7 Å². The van der Waals surface area contributed by atoms with E-state index >= 15 is 0 Å². The first-order valence-electron chi connectivity index (χ1n) is 9.85. The summed E-state index contributed by atoms with van der Waals surface area (Å²) in [7, 11) is 1.63. The van der Waals surface area contributed by atoms with Crippen LogP contribution in [0.15, 0.2) is 70.2 Å². The highest BCUT2D eigenvalue weighted by molar-refractivity contribution is 9.10. The van der Waals surface area contributed by atoms with Gasteiger partial charge in [0.05, 0.1) is 23.8 Å². The predicted molar refractivity (Wildman–Crippen MR) is 124 cm³/mol. The Morgan fingerprint density at radius 2 is 1.97 bits per heavy atom. The molecule has 0 N–H and O–H groups in total. The SMILES string of the molecule is COc1ccc(C2=NN3[C@@H](C2)c2cc(Br)ccc2O[C@H]3c2ccc(Cl)c([N+](=O)[O-])c2)cc1. The van der Waals surface area contributed by atoms with Gasteiger partial charge in [0.25, 0.3) is 5.69 Å². The van der Waals surface area contributed by atoms with Gasteiger partial charge >= 0.3 is 0 Å². The first kappa shape index (κ1) is 20.8. The quantitative estimate of drug-likeness (QED) is 0.303. The van der Waals surface area contributed by atoms with Gasteiger partial charge in [-0.1, -0.05) is 33.6 Å². The number of nitro groups is 1. The summed E-state index contributed by atoms with van der Waals surface area (Å²) in [5, 5.41) is 18.3. The number of benzene rings is 3. The van der Waals surface area contributed by atoms with E-state index in [-0.39, 0.29) is 16.8 Å². The lowest BCUT2D eigenvalue weighted by molar-refractivity contribution is -0.384. The summed E-state index contributed by atoms with van der Waals surface area (Å²) in [5.41, 5.74) is 3.34. The van der Waals surface area contributed by atoms with Crippen LogP contribution in [-0.4, -0.2) is 22.8 Å². The number of rotatable bonds is 4. The fourth-order valence-electron chi connectivity index (χ4n) is 4.06. The van der Waals surface area contributed by atoms with E-state index in [1.807, 2.05) is 47.5 Å². The second-order valence-electron chi connectivity index (χ2n) is 7.50. The normalized spacial score (nSPS) is 19.0. The number of hydrogen-bond donors (Lipinski definition) is 0. The molecule has 3 aromatic carbocycles. The molecule has 0 aromatic heterocycles. The number of ether oxygens (including phenoxy) is 2. The average molecular weight is 515 g/mol. The van der Waals surface area contributed by atoms with Crippen molar-refractivity contribution >= 4 is 38.9 Å². The zero-order chi connectivity index (χ0) is 22.4. The van der Waals surface area contributed by atoms with Crippen molar-refractivity contribution < 1.29 is 14.4 Å². The van der Waals surface area contributed by atoms with Gasteiger partial charge in [-0.25, -0.2) is 5.01 Å². The van der Waals surface area contributed by atoms with Crippen LogP contribution in [0, 0.1) is 10.1 Å².